The van der Waals surface area contributed by atoms with Crippen molar-refractivity contribution in [3.63, 3.8) is 0 Å². The highest BCUT2D eigenvalue weighted by atomic mass is 16.3. The third-order valence-electron chi connectivity index (χ3n) is 3.38. The molecule has 0 atom stereocenters. The number of hydrogen-bond acceptors (Lipinski definition) is 2. The number of aryl methyl sites for hydroxylation is 1. The maximum atomic E-state index is 9.39. The van der Waals surface area contributed by atoms with Crippen LogP contribution in [0.5, 0.6) is 11.5 Å². The molecule has 0 radical (unpaired) electrons. The largest absolute Gasteiger partial charge is 0.508 e. The summed E-state index contributed by atoms with van der Waals surface area (Å²) in [7, 11) is 0. The number of phenols is 2. The van der Waals surface area contributed by atoms with E-state index in [4.69, 9.17) is 0 Å². The molecule has 1 aromatic rings. The fraction of sp³-hybridized carbons (Fsp3) is 0.474. The Hall–Kier alpha value is -1.70. The molecule has 2 nitrogen and oxygen atoms in total. The summed E-state index contributed by atoms with van der Waals surface area (Å²) in [6, 6.07) is 4.78. The lowest BCUT2D eigenvalue weighted by molar-refractivity contribution is 0.449. The molecule has 0 aliphatic carbocycles. The molecule has 0 saturated carbocycles. The zero-order chi connectivity index (χ0) is 15.3. The molecular weight excluding hydrogens is 260 g/mol. The van der Waals surface area contributed by atoms with E-state index in [0.29, 0.717) is 0 Å². The van der Waals surface area contributed by atoms with Gasteiger partial charge in [-0.1, -0.05) is 44.1 Å². The first-order valence-corrected chi connectivity index (χ1v) is 8.04. The van der Waals surface area contributed by atoms with Gasteiger partial charge in [0.15, 0.2) is 0 Å². The smallest absolute Gasteiger partial charge is 0.119 e. The number of unbranched alkanes of at least 4 members (excludes halogenated alkanes) is 4. The quantitative estimate of drug-likeness (QED) is 0.440. The average molecular weight is 288 g/mol. The predicted octanol–water partition coefficient (Wildman–Crippen LogP) is 5.50. The van der Waals surface area contributed by atoms with Crippen molar-refractivity contribution >= 4 is 0 Å². The van der Waals surface area contributed by atoms with E-state index >= 15 is 0 Å². The third-order valence-corrected chi connectivity index (χ3v) is 3.38. The van der Waals surface area contributed by atoms with Gasteiger partial charge in [-0.05, 0) is 56.2 Å². The minimum Gasteiger partial charge on any atom is -0.508 e. The number of phenolic OH excluding ortho intramolecular Hbond substituents is 2. The monoisotopic (exact) mass is 288 g/mol. The predicted molar refractivity (Wildman–Crippen MR) is 89.7 cm³/mol. The van der Waals surface area contributed by atoms with Crippen molar-refractivity contribution in [2.45, 2.75) is 58.3 Å². The van der Waals surface area contributed by atoms with Gasteiger partial charge in [0.05, 0.1) is 0 Å². The fourth-order valence-corrected chi connectivity index (χ4v) is 2.24. The summed E-state index contributed by atoms with van der Waals surface area (Å²) in [6.45, 7) is 2.23. The number of benzene rings is 1. The van der Waals surface area contributed by atoms with Gasteiger partial charge < -0.3 is 10.2 Å². The zero-order valence-corrected chi connectivity index (χ0v) is 13.1. The maximum Gasteiger partial charge on any atom is 0.119 e. The highest BCUT2D eigenvalue weighted by Crippen LogP contribution is 2.21. The van der Waals surface area contributed by atoms with Gasteiger partial charge in [0, 0.05) is 6.07 Å². The summed E-state index contributed by atoms with van der Waals surface area (Å²) in [5.74, 6) is 0.266. The Balaban J connectivity index is 2.09. The van der Waals surface area contributed by atoms with Gasteiger partial charge in [-0.25, -0.2) is 0 Å². The number of rotatable bonds is 10. The van der Waals surface area contributed by atoms with Gasteiger partial charge in [-0.2, -0.15) is 0 Å². The van der Waals surface area contributed by atoms with Crippen LogP contribution in [0.25, 0.3) is 0 Å². The molecule has 2 N–H and O–H groups in total. The molecule has 0 saturated heterocycles. The van der Waals surface area contributed by atoms with Gasteiger partial charge >= 0.3 is 0 Å². The first kappa shape index (κ1) is 17.4. The van der Waals surface area contributed by atoms with E-state index in [2.05, 4.69) is 31.2 Å². The molecule has 1 aromatic carbocycles. The number of hydrogen-bond donors (Lipinski definition) is 2. The number of allylic oxidation sites excluding steroid dienone is 4. The molecule has 116 valence electrons. The Morgan fingerprint density at radius 1 is 0.810 bits per heavy atom. The van der Waals surface area contributed by atoms with Crippen molar-refractivity contribution < 1.29 is 10.2 Å². The van der Waals surface area contributed by atoms with E-state index in [1.54, 1.807) is 12.1 Å². The topological polar surface area (TPSA) is 40.5 Å². The molecule has 0 amide bonds. The van der Waals surface area contributed by atoms with Crippen molar-refractivity contribution in [1.82, 2.24) is 0 Å². The Morgan fingerprint density at radius 3 is 2.05 bits per heavy atom. The number of aromatic hydroxyl groups is 2. The Morgan fingerprint density at radius 2 is 1.43 bits per heavy atom. The molecule has 0 unspecified atom stereocenters. The van der Waals surface area contributed by atoms with Crippen molar-refractivity contribution in [2.24, 2.45) is 0 Å². The summed E-state index contributed by atoms with van der Waals surface area (Å²) in [5.41, 5.74) is 0.983. The molecule has 0 aliphatic rings. The molecule has 0 fully saturated rings. The molecule has 0 heterocycles. The normalized spacial score (nSPS) is 11.7. The molecule has 0 aliphatic heterocycles. The van der Waals surface area contributed by atoms with E-state index in [0.717, 1.165) is 31.2 Å². The first-order chi connectivity index (χ1) is 10.2. The van der Waals surface area contributed by atoms with Crippen LogP contribution in [0.1, 0.15) is 57.4 Å². The van der Waals surface area contributed by atoms with Crippen LogP contribution in [0.15, 0.2) is 42.5 Å². The van der Waals surface area contributed by atoms with Crippen molar-refractivity contribution in [3.05, 3.63) is 48.1 Å². The highest BCUT2D eigenvalue weighted by molar-refractivity contribution is 5.36. The van der Waals surface area contributed by atoms with Crippen LogP contribution in [0.4, 0.5) is 0 Å². The van der Waals surface area contributed by atoms with E-state index in [1.165, 1.54) is 31.7 Å². The fourth-order valence-electron chi connectivity index (χ4n) is 2.24. The van der Waals surface area contributed by atoms with Crippen molar-refractivity contribution in [1.29, 1.82) is 0 Å². The minimum absolute atomic E-state index is 0.133. The van der Waals surface area contributed by atoms with E-state index < -0.39 is 0 Å². The molecular formula is C19H28O2. The lowest BCUT2D eigenvalue weighted by Crippen LogP contribution is -1.84. The summed E-state index contributed by atoms with van der Waals surface area (Å²) in [6.07, 6.45) is 18.0. The highest BCUT2D eigenvalue weighted by Gasteiger charge is 1.98. The van der Waals surface area contributed by atoms with Gasteiger partial charge in [-0.3, -0.25) is 0 Å². The zero-order valence-electron chi connectivity index (χ0n) is 13.1. The Kier molecular flexibility index (Phi) is 9.10. The third kappa shape index (κ3) is 8.96. The standard InChI is InChI=1S/C19H28O2/c1-2-3-4-5-6-7-8-9-10-11-12-13-17-14-18(20)16-19(21)15-17/h6-7,9-10,14-16,20-21H,2-5,8,11-13H2,1H3/b7-6+,10-9+. The second-order valence-electron chi connectivity index (χ2n) is 5.42. The van der Waals surface area contributed by atoms with Crippen LogP contribution in [0.3, 0.4) is 0 Å². The van der Waals surface area contributed by atoms with Gasteiger partial charge in [0.25, 0.3) is 0 Å². The second-order valence-corrected chi connectivity index (χ2v) is 5.42. The average Bonchev–Trinajstić information content (AvgIpc) is 2.44. The molecule has 21 heavy (non-hydrogen) atoms. The first-order valence-electron chi connectivity index (χ1n) is 8.04. The van der Waals surface area contributed by atoms with Crippen LogP contribution >= 0.6 is 0 Å². The van der Waals surface area contributed by atoms with Crippen molar-refractivity contribution in [3.8, 4) is 11.5 Å². The molecule has 0 spiro atoms. The summed E-state index contributed by atoms with van der Waals surface area (Å²) < 4.78 is 0. The summed E-state index contributed by atoms with van der Waals surface area (Å²) in [4.78, 5) is 0. The lowest BCUT2D eigenvalue weighted by atomic mass is 10.1. The maximum absolute atomic E-state index is 9.39. The lowest BCUT2D eigenvalue weighted by Gasteiger charge is -2.02. The van der Waals surface area contributed by atoms with Gasteiger partial charge in [-0.15, -0.1) is 0 Å². The summed E-state index contributed by atoms with van der Waals surface area (Å²) >= 11 is 0. The molecule has 0 aromatic heterocycles. The van der Waals surface area contributed by atoms with Crippen LogP contribution in [0, 0.1) is 0 Å². The van der Waals surface area contributed by atoms with Crippen LogP contribution in [0.2, 0.25) is 0 Å². The van der Waals surface area contributed by atoms with Crippen molar-refractivity contribution in [2.75, 3.05) is 0 Å². The Labute approximate surface area is 128 Å². The van der Waals surface area contributed by atoms with Crippen LogP contribution in [-0.4, -0.2) is 10.2 Å². The van der Waals surface area contributed by atoms with E-state index in [9.17, 15) is 10.2 Å². The van der Waals surface area contributed by atoms with Crippen LogP contribution < -0.4 is 0 Å². The van der Waals surface area contributed by atoms with E-state index in [-0.39, 0.29) is 11.5 Å². The van der Waals surface area contributed by atoms with Crippen LogP contribution in [-0.2, 0) is 6.42 Å². The van der Waals surface area contributed by atoms with E-state index in [1.807, 2.05) is 0 Å². The molecule has 2 heteroatoms. The Bertz CT molecular complexity index is 427. The molecule has 0 bridgehead atoms. The molecule has 1 rings (SSSR count). The summed E-state index contributed by atoms with van der Waals surface area (Å²) in [5, 5.41) is 18.8. The van der Waals surface area contributed by atoms with Gasteiger partial charge in [0.2, 0.25) is 0 Å². The second kappa shape index (κ2) is 11.0. The minimum atomic E-state index is 0.133. The van der Waals surface area contributed by atoms with Gasteiger partial charge in [0.1, 0.15) is 11.5 Å². The SMILES string of the molecule is CCCCC/C=C/C/C=C/CCCc1cc(O)cc(O)c1.